The second-order valence-corrected chi connectivity index (χ2v) is 6.99. The first-order valence-corrected chi connectivity index (χ1v) is 9.14. The first-order chi connectivity index (χ1) is 13.4. The summed E-state index contributed by atoms with van der Waals surface area (Å²) in [5, 5.41) is 2.64. The van der Waals surface area contributed by atoms with E-state index in [9.17, 15) is 18.8 Å². The van der Waals surface area contributed by atoms with Crippen LogP contribution in [0, 0.1) is 5.82 Å². The lowest BCUT2D eigenvalue weighted by Gasteiger charge is -2.02. The molecule has 28 heavy (non-hydrogen) atoms. The van der Waals surface area contributed by atoms with Crippen LogP contribution in [0.25, 0.3) is 11.3 Å². The molecule has 0 saturated heterocycles. The number of rotatable bonds is 7. The Hall–Kier alpha value is -3.26. The number of carbonyl (C=O) groups is 3. The van der Waals surface area contributed by atoms with Crippen LogP contribution in [-0.4, -0.2) is 24.3 Å². The van der Waals surface area contributed by atoms with Gasteiger partial charge in [0.25, 0.3) is 0 Å². The number of amides is 1. The van der Waals surface area contributed by atoms with Gasteiger partial charge in [-0.05, 0) is 36.4 Å². The van der Waals surface area contributed by atoms with Crippen molar-refractivity contribution in [1.29, 1.82) is 0 Å². The van der Waals surface area contributed by atoms with Crippen molar-refractivity contribution < 1.29 is 27.9 Å². The number of hydrogen-bond acceptors (Lipinski definition) is 6. The van der Waals surface area contributed by atoms with Crippen molar-refractivity contribution in [2.75, 3.05) is 6.61 Å². The maximum Gasteiger partial charge on any atom is 0.374 e. The molecule has 1 aromatic carbocycles. The van der Waals surface area contributed by atoms with Gasteiger partial charge in [-0.3, -0.25) is 9.59 Å². The predicted octanol–water partition coefficient (Wildman–Crippen LogP) is 3.82. The van der Waals surface area contributed by atoms with Gasteiger partial charge in [0.1, 0.15) is 11.6 Å². The fourth-order valence-corrected chi connectivity index (χ4v) is 3.23. The van der Waals surface area contributed by atoms with Gasteiger partial charge in [-0.2, -0.15) is 0 Å². The minimum Gasteiger partial charge on any atom is -0.451 e. The Morgan fingerprint density at radius 2 is 1.89 bits per heavy atom. The number of carbonyl (C=O) groups excluding carboxylic acids is 3. The van der Waals surface area contributed by atoms with E-state index in [1.54, 1.807) is 24.3 Å². The van der Waals surface area contributed by atoms with Gasteiger partial charge in [0, 0.05) is 11.8 Å². The summed E-state index contributed by atoms with van der Waals surface area (Å²) in [7, 11) is 0. The van der Waals surface area contributed by atoms with Crippen molar-refractivity contribution in [3.63, 3.8) is 0 Å². The maximum atomic E-state index is 13.8. The van der Waals surface area contributed by atoms with Gasteiger partial charge < -0.3 is 14.5 Å². The largest absolute Gasteiger partial charge is 0.451 e. The Bertz CT molecular complexity index is 1020. The number of furan rings is 1. The summed E-state index contributed by atoms with van der Waals surface area (Å²) in [6.07, 6.45) is 0. The van der Waals surface area contributed by atoms with Crippen LogP contribution in [-0.2, 0) is 16.1 Å². The molecule has 2 heterocycles. The van der Waals surface area contributed by atoms with Gasteiger partial charge >= 0.3 is 5.97 Å². The molecule has 2 aromatic heterocycles. The second-order valence-electron chi connectivity index (χ2n) is 5.82. The standard InChI is InChI=1S/C20H16FNO5S/c1-12(23)22-10-13-6-9-19(28-13)16(24)11-26-20(25)18-8-7-17(27-18)14-4-2-3-5-15(14)21/h2-9H,10-11H2,1H3,(H,22,23). The van der Waals surface area contributed by atoms with Crippen molar-refractivity contribution in [3.8, 4) is 11.3 Å². The lowest BCUT2D eigenvalue weighted by Crippen LogP contribution is -2.18. The molecule has 8 heteroatoms. The summed E-state index contributed by atoms with van der Waals surface area (Å²) >= 11 is 1.21. The summed E-state index contributed by atoms with van der Waals surface area (Å²) in [5.41, 5.74) is 0.225. The van der Waals surface area contributed by atoms with Crippen molar-refractivity contribution >= 4 is 29.0 Å². The van der Waals surface area contributed by atoms with Crippen LogP contribution in [0.2, 0.25) is 0 Å². The van der Waals surface area contributed by atoms with Gasteiger partial charge in [-0.15, -0.1) is 11.3 Å². The summed E-state index contributed by atoms with van der Waals surface area (Å²) in [6, 6.07) is 12.2. The highest BCUT2D eigenvalue weighted by atomic mass is 32.1. The molecule has 0 fully saturated rings. The van der Waals surface area contributed by atoms with E-state index >= 15 is 0 Å². The molecule has 3 aromatic rings. The summed E-state index contributed by atoms with van der Waals surface area (Å²) in [6.45, 7) is 1.29. The van der Waals surface area contributed by atoms with Crippen molar-refractivity contribution in [1.82, 2.24) is 5.32 Å². The highest BCUT2D eigenvalue weighted by Crippen LogP contribution is 2.25. The molecule has 0 aliphatic rings. The first-order valence-electron chi connectivity index (χ1n) is 8.32. The molecule has 0 radical (unpaired) electrons. The molecule has 6 nitrogen and oxygen atoms in total. The van der Waals surface area contributed by atoms with E-state index in [2.05, 4.69) is 5.32 Å². The Morgan fingerprint density at radius 1 is 1.11 bits per heavy atom. The third-order valence-corrected chi connectivity index (χ3v) is 4.86. The Morgan fingerprint density at radius 3 is 2.64 bits per heavy atom. The van der Waals surface area contributed by atoms with Crippen LogP contribution in [0.4, 0.5) is 4.39 Å². The molecule has 0 spiro atoms. The van der Waals surface area contributed by atoms with E-state index in [1.165, 1.54) is 42.5 Å². The van der Waals surface area contributed by atoms with Gasteiger partial charge in [0.15, 0.2) is 6.61 Å². The van der Waals surface area contributed by atoms with E-state index in [4.69, 9.17) is 9.15 Å². The smallest absolute Gasteiger partial charge is 0.374 e. The van der Waals surface area contributed by atoms with Crippen LogP contribution in [0.3, 0.4) is 0 Å². The predicted molar refractivity (Wildman–Crippen MR) is 101 cm³/mol. The zero-order valence-corrected chi connectivity index (χ0v) is 15.7. The number of ether oxygens (including phenoxy) is 1. The lowest BCUT2D eigenvalue weighted by molar-refractivity contribution is -0.119. The zero-order valence-electron chi connectivity index (χ0n) is 14.9. The van der Waals surface area contributed by atoms with Gasteiger partial charge in [0.2, 0.25) is 17.5 Å². The molecule has 0 unspecified atom stereocenters. The number of halogens is 1. The third kappa shape index (κ3) is 4.72. The molecule has 0 bridgehead atoms. The summed E-state index contributed by atoms with van der Waals surface area (Å²) < 4.78 is 24.1. The average molecular weight is 401 g/mol. The molecule has 1 amide bonds. The maximum absolute atomic E-state index is 13.8. The number of ketones is 1. The zero-order chi connectivity index (χ0) is 20.1. The average Bonchev–Trinajstić information content (AvgIpc) is 3.34. The SMILES string of the molecule is CC(=O)NCc1ccc(C(=O)COC(=O)c2ccc(-c3ccccc3F)o2)s1. The van der Waals surface area contributed by atoms with Crippen molar-refractivity contribution in [3.05, 3.63) is 69.9 Å². The fraction of sp³-hybridized carbons (Fsp3) is 0.150. The van der Waals surface area contributed by atoms with Crippen LogP contribution in [0.1, 0.15) is 32.0 Å². The van der Waals surface area contributed by atoms with E-state index in [-0.39, 0.29) is 28.8 Å². The highest BCUT2D eigenvalue weighted by molar-refractivity contribution is 7.14. The van der Waals surface area contributed by atoms with Crippen molar-refractivity contribution in [2.45, 2.75) is 13.5 Å². The number of nitrogens with one attached hydrogen (secondary N) is 1. The Balaban J connectivity index is 1.58. The van der Waals surface area contributed by atoms with E-state index in [1.807, 2.05) is 0 Å². The Labute approximate surface area is 163 Å². The van der Waals surface area contributed by atoms with Crippen molar-refractivity contribution in [2.24, 2.45) is 0 Å². The quantitative estimate of drug-likeness (QED) is 0.480. The van der Waals surface area contributed by atoms with E-state index in [0.29, 0.717) is 11.4 Å². The molecule has 1 N–H and O–H groups in total. The number of esters is 1. The molecule has 0 aliphatic heterocycles. The number of benzene rings is 1. The first kappa shape index (κ1) is 19.5. The van der Waals surface area contributed by atoms with Gasteiger partial charge in [-0.1, -0.05) is 12.1 Å². The van der Waals surface area contributed by atoms with Gasteiger partial charge in [-0.25, -0.2) is 9.18 Å². The molecule has 3 rings (SSSR count). The highest BCUT2D eigenvalue weighted by Gasteiger charge is 2.18. The number of Topliss-reactive ketones (excluding diaryl/α,β-unsaturated/α-hetero) is 1. The molecule has 0 atom stereocenters. The molecular weight excluding hydrogens is 385 g/mol. The molecular formula is C20H16FNO5S. The molecule has 0 saturated carbocycles. The topological polar surface area (TPSA) is 85.6 Å². The van der Waals surface area contributed by atoms with E-state index in [0.717, 1.165) is 4.88 Å². The second kappa shape index (κ2) is 8.62. The molecule has 144 valence electrons. The van der Waals surface area contributed by atoms with Crippen LogP contribution < -0.4 is 5.32 Å². The lowest BCUT2D eigenvalue weighted by atomic mass is 10.1. The van der Waals surface area contributed by atoms with Crippen LogP contribution in [0.5, 0.6) is 0 Å². The monoisotopic (exact) mass is 401 g/mol. The minimum atomic E-state index is -0.814. The third-order valence-electron chi connectivity index (χ3n) is 3.73. The number of hydrogen-bond donors (Lipinski definition) is 1. The summed E-state index contributed by atoms with van der Waals surface area (Å²) in [5.74, 6) is -1.75. The fourth-order valence-electron chi connectivity index (χ4n) is 2.36. The minimum absolute atomic E-state index is 0.122. The Kier molecular flexibility index (Phi) is 6.00. The normalized spacial score (nSPS) is 10.5. The number of thiophene rings is 1. The molecule has 0 aliphatic carbocycles. The van der Waals surface area contributed by atoms with Crippen LogP contribution in [0.15, 0.2) is 52.9 Å². The van der Waals surface area contributed by atoms with Crippen LogP contribution >= 0.6 is 11.3 Å². The van der Waals surface area contributed by atoms with Gasteiger partial charge in [0.05, 0.1) is 17.0 Å². The van der Waals surface area contributed by atoms with E-state index < -0.39 is 18.4 Å². The summed E-state index contributed by atoms with van der Waals surface area (Å²) in [4.78, 5) is 36.4.